The number of benzene rings is 1. The van der Waals surface area contributed by atoms with Crippen molar-refractivity contribution in [2.45, 2.75) is 37.4 Å². The Balaban J connectivity index is 2.19. The number of nitrogens with zero attached hydrogens (tertiary/aromatic N) is 1. The third-order valence-corrected chi connectivity index (χ3v) is 4.09. The molecule has 1 fully saturated rings. The van der Waals surface area contributed by atoms with E-state index in [9.17, 15) is 4.79 Å². The summed E-state index contributed by atoms with van der Waals surface area (Å²) in [4.78, 5) is 13.9. The normalized spacial score (nSPS) is 21.1. The number of carbonyl (C=O) groups excluding carboxylic acids is 1. The maximum absolute atomic E-state index is 12.0. The Labute approximate surface area is 111 Å². The quantitative estimate of drug-likeness (QED) is 0.762. The summed E-state index contributed by atoms with van der Waals surface area (Å²) in [6.07, 6.45) is 2.01. The molecule has 2 rings (SSSR count). The lowest BCUT2D eigenvalue weighted by atomic mass is 10.0. The van der Waals surface area contributed by atoms with Crippen LogP contribution in [0.1, 0.15) is 38.2 Å². The fraction of sp³-hybridized carbons (Fsp3) is 0.500. The van der Waals surface area contributed by atoms with E-state index < -0.39 is 0 Å². The summed E-state index contributed by atoms with van der Waals surface area (Å²) in [6.45, 7) is 5.19. The zero-order chi connectivity index (χ0) is 12.4. The molecule has 0 spiro atoms. The van der Waals surface area contributed by atoms with Gasteiger partial charge in [-0.15, -0.1) is 0 Å². The van der Waals surface area contributed by atoms with Crippen molar-refractivity contribution in [2.24, 2.45) is 0 Å². The van der Waals surface area contributed by atoms with Gasteiger partial charge in [0.05, 0.1) is 4.83 Å². The SMILES string of the molecule is CC(C)c1ccc(N2CCCC(Br)C2=O)cc1. The van der Waals surface area contributed by atoms with Crippen LogP contribution >= 0.6 is 15.9 Å². The van der Waals surface area contributed by atoms with Crippen LogP contribution in [0, 0.1) is 0 Å². The lowest BCUT2D eigenvalue weighted by molar-refractivity contribution is -0.118. The van der Waals surface area contributed by atoms with Crippen LogP contribution in [0.2, 0.25) is 0 Å². The smallest absolute Gasteiger partial charge is 0.240 e. The third-order valence-electron chi connectivity index (χ3n) is 3.24. The van der Waals surface area contributed by atoms with Crippen LogP contribution in [0.5, 0.6) is 0 Å². The first-order valence-corrected chi connectivity index (χ1v) is 7.06. The second-order valence-electron chi connectivity index (χ2n) is 4.85. The molecule has 0 radical (unpaired) electrons. The summed E-state index contributed by atoms with van der Waals surface area (Å²) in [5.41, 5.74) is 2.33. The molecule has 1 saturated heterocycles. The second-order valence-corrected chi connectivity index (χ2v) is 5.95. The number of anilines is 1. The van der Waals surface area contributed by atoms with E-state index in [-0.39, 0.29) is 10.7 Å². The fourth-order valence-corrected chi connectivity index (χ4v) is 2.70. The molecule has 0 N–H and O–H groups in total. The summed E-state index contributed by atoms with van der Waals surface area (Å²) >= 11 is 3.44. The first kappa shape index (κ1) is 12.6. The first-order chi connectivity index (χ1) is 8.09. The summed E-state index contributed by atoms with van der Waals surface area (Å²) in [5, 5.41) is 0. The summed E-state index contributed by atoms with van der Waals surface area (Å²) < 4.78 is 0. The molecule has 1 unspecified atom stereocenters. The predicted octanol–water partition coefficient (Wildman–Crippen LogP) is 3.70. The van der Waals surface area contributed by atoms with Gasteiger partial charge in [-0.3, -0.25) is 4.79 Å². The zero-order valence-electron chi connectivity index (χ0n) is 10.3. The lowest BCUT2D eigenvalue weighted by Gasteiger charge is -2.30. The largest absolute Gasteiger partial charge is 0.311 e. The van der Waals surface area contributed by atoms with E-state index in [2.05, 4.69) is 54.0 Å². The number of amides is 1. The van der Waals surface area contributed by atoms with Gasteiger partial charge in [0.2, 0.25) is 5.91 Å². The molecule has 1 aromatic rings. The maximum atomic E-state index is 12.0. The van der Waals surface area contributed by atoms with Gasteiger partial charge in [0.1, 0.15) is 0 Å². The Morgan fingerprint density at radius 2 is 1.94 bits per heavy atom. The maximum Gasteiger partial charge on any atom is 0.240 e. The molecule has 1 heterocycles. The summed E-state index contributed by atoms with van der Waals surface area (Å²) in [5.74, 6) is 0.721. The summed E-state index contributed by atoms with van der Waals surface area (Å²) in [6, 6.07) is 8.34. The minimum Gasteiger partial charge on any atom is -0.311 e. The van der Waals surface area contributed by atoms with Gasteiger partial charge in [-0.2, -0.15) is 0 Å². The topological polar surface area (TPSA) is 20.3 Å². The highest BCUT2D eigenvalue weighted by Gasteiger charge is 2.27. The number of alkyl halides is 1. The van der Waals surface area contributed by atoms with E-state index in [4.69, 9.17) is 0 Å². The predicted molar refractivity (Wildman–Crippen MR) is 74.8 cm³/mol. The van der Waals surface area contributed by atoms with E-state index in [0.29, 0.717) is 5.92 Å². The van der Waals surface area contributed by atoms with Crippen molar-refractivity contribution in [1.82, 2.24) is 0 Å². The Morgan fingerprint density at radius 1 is 1.29 bits per heavy atom. The molecule has 0 aromatic heterocycles. The van der Waals surface area contributed by atoms with Crippen molar-refractivity contribution in [1.29, 1.82) is 0 Å². The molecular formula is C14H18BrNO. The molecule has 1 aliphatic rings. The third kappa shape index (κ3) is 2.71. The average Bonchev–Trinajstić information content (AvgIpc) is 2.33. The molecule has 0 saturated carbocycles. The standard InChI is InChI=1S/C14H18BrNO/c1-10(2)11-5-7-12(8-6-11)16-9-3-4-13(15)14(16)17/h5-8,10,13H,3-4,9H2,1-2H3. The van der Waals surface area contributed by atoms with E-state index in [1.807, 2.05) is 4.90 Å². The molecule has 3 heteroatoms. The van der Waals surface area contributed by atoms with Gasteiger partial charge >= 0.3 is 0 Å². The molecule has 0 aliphatic carbocycles. The number of hydrogen-bond donors (Lipinski definition) is 0. The molecule has 1 aliphatic heterocycles. The van der Waals surface area contributed by atoms with Crippen LogP contribution < -0.4 is 4.90 Å². The van der Waals surface area contributed by atoms with Gasteiger partial charge in [-0.1, -0.05) is 41.9 Å². The lowest BCUT2D eigenvalue weighted by Crippen LogP contribution is -2.41. The van der Waals surface area contributed by atoms with Crippen LogP contribution in [0.4, 0.5) is 5.69 Å². The Kier molecular flexibility index (Phi) is 3.87. The van der Waals surface area contributed by atoms with Crippen LogP contribution in [0.15, 0.2) is 24.3 Å². The van der Waals surface area contributed by atoms with Gasteiger partial charge in [0.15, 0.2) is 0 Å². The Bertz CT molecular complexity index is 399. The highest BCUT2D eigenvalue weighted by molar-refractivity contribution is 9.10. The number of piperidine rings is 1. The number of rotatable bonds is 2. The highest BCUT2D eigenvalue weighted by Crippen LogP contribution is 2.26. The van der Waals surface area contributed by atoms with Gasteiger partial charge in [-0.25, -0.2) is 0 Å². The Hall–Kier alpha value is -0.830. The molecule has 1 amide bonds. The van der Waals surface area contributed by atoms with Gasteiger partial charge in [-0.05, 0) is 36.5 Å². The van der Waals surface area contributed by atoms with Crippen molar-refractivity contribution < 1.29 is 4.79 Å². The van der Waals surface area contributed by atoms with Gasteiger partial charge in [0, 0.05) is 12.2 Å². The average molecular weight is 296 g/mol. The second kappa shape index (κ2) is 5.21. The molecule has 0 bridgehead atoms. The summed E-state index contributed by atoms with van der Waals surface area (Å²) in [7, 11) is 0. The van der Waals surface area contributed by atoms with Crippen LogP contribution in [0.3, 0.4) is 0 Å². The molecule has 92 valence electrons. The highest BCUT2D eigenvalue weighted by atomic mass is 79.9. The van der Waals surface area contributed by atoms with Gasteiger partial charge < -0.3 is 4.90 Å². The van der Waals surface area contributed by atoms with Crippen molar-refractivity contribution in [3.63, 3.8) is 0 Å². The van der Waals surface area contributed by atoms with Crippen molar-refractivity contribution >= 4 is 27.5 Å². The molecule has 1 aromatic carbocycles. The fourth-order valence-electron chi connectivity index (χ4n) is 2.13. The molecule has 1 atom stereocenters. The monoisotopic (exact) mass is 295 g/mol. The van der Waals surface area contributed by atoms with Crippen LogP contribution in [-0.4, -0.2) is 17.3 Å². The van der Waals surface area contributed by atoms with Crippen molar-refractivity contribution in [3.05, 3.63) is 29.8 Å². The van der Waals surface area contributed by atoms with E-state index in [0.717, 1.165) is 25.1 Å². The van der Waals surface area contributed by atoms with Crippen LogP contribution in [-0.2, 0) is 4.79 Å². The van der Waals surface area contributed by atoms with Crippen molar-refractivity contribution in [3.8, 4) is 0 Å². The molecular weight excluding hydrogens is 278 g/mol. The number of carbonyl (C=O) groups is 1. The minimum absolute atomic E-state index is 0.0129. The van der Waals surface area contributed by atoms with Crippen LogP contribution in [0.25, 0.3) is 0 Å². The van der Waals surface area contributed by atoms with Gasteiger partial charge in [0.25, 0.3) is 0 Å². The molecule has 17 heavy (non-hydrogen) atoms. The first-order valence-electron chi connectivity index (χ1n) is 6.15. The van der Waals surface area contributed by atoms with Crippen molar-refractivity contribution in [2.75, 3.05) is 11.4 Å². The van der Waals surface area contributed by atoms with E-state index in [1.165, 1.54) is 5.56 Å². The van der Waals surface area contributed by atoms with E-state index in [1.54, 1.807) is 0 Å². The molecule has 2 nitrogen and oxygen atoms in total. The number of hydrogen-bond acceptors (Lipinski definition) is 1. The van der Waals surface area contributed by atoms with E-state index >= 15 is 0 Å². The zero-order valence-corrected chi connectivity index (χ0v) is 11.9. The number of halogens is 1. The minimum atomic E-state index is -0.0129. The Morgan fingerprint density at radius 3 is 2.53 bits per heavy atom.